The largest absolute Gasteiger partial charge is 0.508 e. The lowest BCUT2D eigenvalue weighted by Gasteiger charge is -2.06. The van der Waals surface area contributed by atoms with Crippen LogP contribution in [0.15, 0.2) is 36.7 Å². The molecule has 1 aromatic heterocycles. The molecule has 0 bridgehead atoms. The topological polar surface area (TPSA) is 93.3 Å². The van der Waals surface area contributed by atoms with Crippen LogP contribution in [0.3, 0.4) is 0 Å². The van der Waals surface area contributed by atoms with E-state index in [9.17, 15) is 5.11 Å². The van der Waals surface area contributed by atoms with E-state index in [4.69, 9.17) is 10.5 Å². The predicted octanol–water partition coefficient (Wildman–Crippen LogP) is 1.74. The summed E-state index contributed by atoms with van der Waals surface area (Å²) in [4.78, 5) is 8.24. The van der Waals surface area contributed by atoms with Crippen LogP contribution < -0.4 is 15.8 Å². The molecule has 0 radical (unpaired) electrons. The highest BCUT2D eigenvalue weighted by Crippen LogP contribution is 2.23. The van der Waals surface area contributed by atoms with Crippen molar-refractivity contribution < 1.29 is 9.84 Å². The number of phenols is 1. The van der Waals surface area contributed by atoms with Gasteiger partial charge in [-0.2, -0.15) is 0 Å². The molecule has 0 spiro atoms. The second-order valence-electron chi connectivity index (χ2n) is 3.91. The average Bonchev–Trinajstić information content (AvgIpc) is 2.41. The van der Waals surface area contributed by atoms with Crippen LogP contribution >= 0.6 is 0 Å². The van der Waals surface area contributed by atoms with Gasteiger partial charge >= 0.3 is 0 Å². The van der Waals surface area contributed by atoms with E-state index in [1.807, 2.05) is 0 Å². The average molecular weight is 260 g/mol. The van der Waals surface area contributed by atoms with Gasteiger partial charge < -0.3 is 20.9 Å². The number of hydrogen-bond acceptors (Lipinski definition) is 6. The van der Waals surface area contributed by atoms with Gasteiger partial charge in [0.1, 0.15) is 11.5 Å². The maximum absolute atomic E-state index is 9.32. The highest BCUT2D eigenvalue weighted by molar-refractivity contribution is 5.35. The second-order valence-corrected chi connectivity index (χ2v) is 3.91. The van der Waals surface area contributed by atoms with Crippen LogP contribution in [0.25, 0.3) is 0 Å². The molecule has 0 aliphatic heterocycles. The van der Waals surface area contributed by atoms with Gasteiger partial charge in [0.15, 0.2) is 5.75 Å². The van der Waals surface area contributed by atoms with Gasteiger partial charge in [0.2, 0.25) is 5.95 Å². The first-order chi connectivity index (χ1) is 9.28. The van der Waals surface area contributed by atoms with E-state index >= 15 is 0 Å². The Bertz CT molecular complexity index is 516. The number of benzene rings is 1. The zero-order chi connectivity index (χ0) is 13.5. The molecule has 0 saturated heterocycles. The van der Waals surface area contributed by atoms with Crippen molar-refractivity contribution in [1.29, 1.82) is 0 Å². The molecule has 0 unspecified atom stereocenters. The van der Waals surface area contributed by atoms with E-state index in [0.29, 0.717) is 24.0 Å². The van der Waals surface area contributed by atoms with Crippen molar-refractivity contribution in [1.82, 2.24) is 9.97 Å². The van der Waals surface area contributed by atoms with Crippen molar-refractivity contribution in [2.45, 2.75) is 6.42 Å². The van der Waals surface area contributed by atoms with Crippen LogP contribution in [0.5, 0.6) is 17.2 Å². The smallest absolute Gasteiger partial charge is 0.222 e. The van der Waals surface area contributed by atoms with Crippen LogP contribution in [-0.4, -0.2) is 28.2 Å². The Hall–Kier alpha value is -2.34. The van der Waals surface area contributed by atoms with Crippen LogP contribution in [0.2, 0.25) is 0 Å². The minimum absolute atomic E-state index is 0.151. The van der Waals surface area contributed by atoms with Crippen molar-refractivity contribution in [2.24, 2.45) is 5.73 Å². The van der Waals surface area contributed by atoms with E-state index in [1.165, 1.54) is 6.07 Å². The Morgan fingerprint density at radius 2 is 2.00 bits per heavy atom. The molecule has 0 aliphatic rings. The number of anilines is 1. The zero-order valence-corrected chi connectivity index (χ0v) is 10.4. The van der Waals surface area contributed by atoms with Gasteiger partial charge in [0, 0.05) is 12.6 Å². The van der Waals surface area contributed by atoms with Gasteiger partial charge in [-0.1, -0.05) is 6.07 Å². The molecule has 0 atom stereocenters. The SMILES string of the molecule is NCCCNc1ncc(Oc2cccc(O)c2)cn1. The summed E-state index contributed by atoms with van der Waals surface area (Å²) in [6.45, 7) is 1.37. The number of nitrogens with one attached hydrogen (secondary N) is 1. The maximum Gasteiger partial charge on any atom is 0.222 e. The van der Waals surface area contributed by atoms with Gasteiger partial charge in [0.25, 0.3) is 0 Å². The lowest BCUT2D eigenvalue weighted by molar-refractivity contribution is 0.453. The summed E-state index contributed by atoms with van der Waals surface area (Å²) in [5.41, 5.74) is 5.39. The van der Waals surface area contributed by atoms with Crippen molar-refractivity contribution in [3.63, 3.8) is 0 Å². The summed E-state index contributed by atoms with van der Waals surface area (Å²) in [6, 6.07) is 6.54. The molecule has 19 heavy (non-hydrogen) atoms. The Kier molecular flexibility index (Phi) is 4.52. The van der Waals surface area contributed by atoms with Crippen molar-refractivity contribution >= 4 is 5.95 Å². The molecule has 0 aliphatic carbocycles. The molecular weight excluding hydrogens is 244 g/mol. The molecule has 100 valence electrons. The lowest BCUT2D eigenvalue weighted by atomic mass is 10.3. The molecule has 4 N–H and O–H groups in total. The van der Waals surface area contributed by atoms with Crippen LogP contribution in [-0.2, 0) is 0 Å². The minimum Gasteiger partial charge on any atom is -0.508 e. The molecule has 1 aromatic carbocycles. The van der Waals surface area contributed by atoms with E-state index in [2.05, 4.69) is 15.3 Å². The number of ether oxygens (including phenoxy) is 1. The monoisotopic (exact) mass is 260 g/mol. The Labute approximate surface area is 111 Å². The number of nitrogens with zero attached hydrogens (tertiary/aromatic N) is 2. The highest BCUT2D eigenvalue weighted by atomic mass is 16.5. The first kappa shape index (κ1) is 13.1. The van der Waals surface area contributed by atoms with E-state index in [0.717, 1.165) is 13.0 Å². The molecule has 6 heteroatoms. The quantitative estimate of drug-likeness (QED) is 0.685. The zero-order valence-electron chi connectivity index (χ0n) is 10.4. The summed E-state index contributed by atoms with van der Waals surface area (Å²) < 4.78 is 5.51. The Morgan fingerprint density at radius 1 is 1.21 bits per heavy atom. The fourth-order valence-corrected chi connectivity index (χ4v) is 1.45. The number of nitrogens with two attached hydrogens (primary N) is 1. The molecular formula is C13H16N4O2. The fourth-order valence-electron chi connectivity index (χ4n) is 1.45. The molecule has 2 aromatic rings. The molecule has 0 saturated carbocycles. The maximum atomic E-state index is 9.32. The van der Waals surface area contributed by atoms with Crippen molar-refractivity contribution in [2.75, 3.05) is 18.4 Å². The summed E-state index contributed by atoms with van der Waals surface area (Å²) in [5, 5.41) is 12.4. The number of aromatic nitrogens is 2. The van der Waals surface area contributed by atoms with E-state index in [1.54, 1.807) is 30.6 Å². The van der Waals surface area contributed by atoms with Crippen LogP contribution in [0.4, 0.5) is 5.95 Å². The van der Waals surface area contributed by atoms with Gasteiger partial charge in [-0.05, 0) is 25.1 Å². The third-order valence-electron chi connectivity index (χ3n) is 2.35. The third-order valence-corrected chi connectivity index (χ3v) is 2.35. The van der Waals surface area contributed by atoms with E-state index in [-0.39, 0.29) is 5.75 Å². The fraction of sp³-hybridized carbons (Fsp3) is 0.231. The van der Waals surface area contributed by atoms with Crippen molar-refractivity contribution in [3.05, 3.63) is 36.7 Å². The molecule has 2 rings (SSSR count). The molecule has 1 heterocycles. The minimum atomic E-state index is 0.151. The van der Waals surface area contributed by atoms with Crippen LogP contribution in [0, 0.1) is 0 Å². The highest BCUT2D eigenvalue weighted by Gasteiger charge is 2.00. The summed E-state index contributed by atoms with van der Waals surface area (Å²) >= 11 is 0. The molecule has 6 nitrogen and oxygen atoms in total. The Morgan fingerprint density at radius 3 is 2.68 bits per heavy atom. The van der Waals surface area contributed by atoms with Gasteiger partial charge in [-0.15, -0.1) is 0 Å². The Balaban J connectivity index is 1.95. The first-order valence-corrected chi connectivity index (χ1v) is 6.01. The number of hydrogen-bond donors (Lipinski definition) is 3. The number of rotatable bonds is 6. The normalized spacial score (nSPS) is 10.2. The lowest BCUT2D eigenvalue weighted by Crippen LogP contribution is -2.10. The van der Waals surface area contributed by atoms with Crippen LogP contribution in [0.1, 0.15) is 6.42 Å². The van der Waals surface area contributed by atoms with Crippen molar-refractivity contribution in [3.8, 4) is 17.2 Å². The van der Waals surface area contributed by atoms with Gasteiger partial charge in [-0.3, -0.25) is 0 Å². The predicted molar refractivity (Wildman–Crippen MR) is 72.4 cm³/mol. The third kappa shape index (κ3) is 4.11. The van der Waals surface area contributed by atoms with E-state index < -0.39 is 0 Å². The number of aromatic hydroxyl groups is 1. The molecule has 0 fully saturated rings. The first-order valence-electron chi connectivity index (χ1n) is 6.01. The second kappa shape index (κ2) is 6.55. The summed E-state index contributed by atoms with van der Waals surface area (Å²) in [5.74, 6) is 1.73. The number of phenolic OH excluding ortho intramolecular Hbond substituents is 1. The summed E-state index contributed by atoms with van der Waals surface area (Å²) in [7, 11) is 0. The van der Waals surface area contributed by atoms with Gasteiger partial charge in [-0.25, -0.2) is 9.97 Å². The molecule has 0 amide bonds. The van der Waals surface area contributed by atoms with Gasteiger partial charge in [0.05, 0.1) is 12.4 Å². The summed E-state index contributed by atoms with van der Waals surface area (Å²) in [6.07, 6.45) is 4.01. The standard InChI is InChI=1S/C13H16N4O2/c14-5-2-6-15-13-16-8-12(9-17-13)19-11-4-1-3-10(18)7-11/h1,3-4,7-9,18H,2,5-6,14H2,(H,15,16,17).